The smallest absolute Gasteiger partial charge is 0.255 e. The number of benzene rings is 3. The van der Waals surface area contributed by atoms with Gasteiger partial charge in [-0.1, -0.05) is 0 Å². The maximum Gasteiger partial charge on any atom is 0.255 e. The largest absolute Gasteiger partial charge is 0.351 e. The molecule has 1 fully saturated rings. The highest BCUT2D eigenvalue weighted by Gasteiger charge is 2.29. The molecule has 2 amide bonds. The van der Waals surface area contributed by atoms with E-state index in [1.54, 1.807) is 6.20 Å². The monoisotopic (exact) mass is 449 g/mol. The van der Waals surface area contributed by atoms with Gasteiger partial charge in [0.2, 0.25) is 5.91 Å². The third-order valence-corrected chi connectivity index (χ3v) is 6.30. The fourth-order valence-electron chi connectivity index (χ4n) is 4.22. The maximum absolute atomic E-state index is 12.8. The number of anilines is 2. The summed E-state index contributed by atoms with van der Waals surface area (Å²) in [5, 5.41) is 12.4. The summed E-state index contributed by atoms with van der Waals surface area (Å²) >= 11 is 0. The van der Waals surface area contributed by atoms with E-state index >= 15 is 0 Å². The lowest BCUT2D eigenvalue weighted by Gasteiger charge is -2.08. The van der Waals surface area contributed by atoms with Gasteiger partial charge in [0, 0.05) is 52.4 Å². The molecule has 0 bridgehead atoms. The van der Waals surface area contributed by atoms with Crippen LogP contribution in [0.3, 0.4) is 0 Å². The molecule has 34 heavy (non-hydrogen) atoms. The third kappa shape index (κ3) is 3.71. The van der Waals surface area contributed by atoms with Crippen molar-refractivity contribution in [2.45, 2.75) is 12.8 Å². The summed E-state index contributed by atoms with van der Waals surface area (Å²) in [5.41, 5.74) is 5.03. The van der Waals surface area contributed by atoms with Crippen molar-refractivity contribution in [3.8, 4) is 5.69 Å². The van der Waals surface area contributed by atoms with Crippen LogP contribution in [-0.4, -0.2) is 26.2 Å². The van der Waals surface area contributed by atoms with Crippen LogP contribution < -0.4 is 10.6 Å². The Morgan fingerprint density at radius 3 is 2.41 bits per heavy atom. The van der Waals surface area contributed by atoms with E-state index in [4.69, 9.17) is 0 Å². The van der Waals surface area contributed by atoms with Crippen molar-refractivity contribution < 1.29 is 9.59 Å². The molecule has 168 valence electrons. The first-order valence-corrected chi connectivity index (χ1v) is 11.3. The van der Waals surface area contributed by atoms with Crippen molar-refractivity contribution in [2.24, 2.45) is 13.0 Å². The number of rotatable bonds is 5. The molecule has 1 saturated carbocycles. The van der Waals surface area contributed by atoms with Gasteiger partial charge in [-0.25, -0.2) is 4.68 Å². The van der Waals surface area contributed by atoms with Gasteiger partial charge in [-0.15, -0.1) is 0 Å². The van der Waals surface area contributed by atoms with E-state index in [2.05, 4.69) is 15.7 Å². The van der Waals surface area contributed by atoms with Crippen LogP contribution >= 0.6 is 0 Å². The van der Waals surface area contributed by atoms with E-state index in [1.165, 1.54) is 0 Å². The molecule has 0 aliphatic heterocycles. The zero-order valence-electron chi connectivity index (χ0n) is 18.7. The Labute approximate surface area is 196 Å². The van der Waals surface area contributed by atoms with Crippen molar-refractivity contribution in [1.82, 2.24) is 14.3 Å². The minimum absolute atomic E-state index is 0.0931. The van der Waals surface area contributed by atoms with Crippen LogP contribution in [-0.2, 0) is 11.8 Å². The first-order chi connectivity index (χ1) is 16.5. The van der Waals surface area contributed by atoms with Gasteiger partial charge >= 0.3 is 0 Å². The zero-order valence-corrected chi connectivity index (χ0v) is 18.7. The molecular weight excluding hydrogens is 426 g/mol. The molecule has 5 aromatic rings. The number of hydrogen-bond acceptors (Lipinski definition) is 3. The number of nitrogens with zero attached hydrogens (tertiary/aromatic N) is 3. The third-order valence-electron chi connectivity index (χ3n) is 6.30. The van der Waals surface area contributed by atoms with Crippen LogP contribution in [0, 0.1) is 5.92 Å². The van der Waals surface area contributed by atoms with Crippen LogP contribution in [0.15, 0.2) is 79.1 Å². The lowest BCUT2D eigenvalue weighted by atomic mass is 10.1. The summed E-state index contributed by atoms with van der Waals surface area (Å²) < 4.78 is 3.87. The van der Waals surface area contributed by atoms with Gasteiger partial charge in [-0.2, -0.15) is 5.10 Å². The quantitative estimate of drug-likeness (QED) is 0.391. The number of amides is 2. The van der Waals surface area contributed by atoms with E-state index in [0.29, 0.717) is 11.3 Å². The lowest BCUT2D eigenvalue weighted by molar-refractivity contribution is -0.117. The molecule has 0 saturated heterocycles. The molecular formula is C27H23N5O2. The highest BCUT2D eigenvalue weighted by Crippen LogP contribution is 2.30. The number of aryl methyl sites for hydroxylation is 1. The van der Waals surface area contributed by atoms with E-state index in [1.807, 2.05) is 89.2 Å². The highest BCUT2D eigenvalue weighted by atomic mass is 16.2. The Kier molecular flexibility index (Phi) is 4.69. The normalized spacial score (nSPS) is 13.3. The molecule has 0 unspecified atom stereocenters. The minimum Gasteiger partial charge on any atom is -0.351 e. The number of fused-ring (bicyclic) bond motifs is 2. The summed E-state index contributed by atoms with van der Waals surface area (Å²) in [4.78, 5) is 24.8. The van der Waals surface area contributed by atoms with Crippen molar-refractivity contribution in [2.75, 3.05) is 10.6 Å². The molecule has 1 aliphatic carbocycles. The second kappa shape index (κ2) is 7.88. The number of carbonyl (C=O) groups excluding carboxylic acids is 2. The molecule has 7 heteroatoms. The molecule has 3 aromatic carbocycles. The molecule has 2 aromatic heterocycles. The molecule has 2 heterocycles. The number of carbonyl (C=O) groups is 2. The second-order valence-corrected chi connectivity index (χ2v) is 8.79. The van der Waals surface area contributed by atoms with Crippen molar-refractivity contribution in [3.63, 3.8) is 0 Å². The summed E-state index contributed by atoms with van der Waals surface area (Å²) in [7, 11) is 1.98. The number of nitrogens with one attached hydrogen (secondary N) is 2. The van der Waals surface area contributed by atoms with Gasteiger partial charge in [0.05, 0.1) is 17.4 Å². The molecule has 0 radical (unpaired) electrons. The Balaban J connectivity index is 1.20. The van der Waals surface area contributed by atoms with Crippen molar-refractivity contribution >= 4 is 45.0 Å². The summed E-state index contributed by atoms with van der Waals surface area (Å²) in [6.07, 6.45) is 5.72. The Morgan fingerprint density at radius 1 is 0.853 bits per heavy atom. The number of hydrogen-bond donors (Lipinski definition) is 2. The second-order valence-electron chi connectivity index (χ2n) is 8.79. The van der Waals surface area contributed by atoms with Crippen LogP contribution in [0.25, 0.3) is 27.5 Å². The molecule has 1 aliphatic rings. The highest BCUT2D eigenvalue weighted by molar-refractivity contribution is 6.07. The number of aromatic nitrogens is 3. The first kappa shape index (κ1) is 20.2. The van der Waals surface area contributed by atoms with E-state index < -0.39 is 0 Å². The SMILES string of the molecule is Cn1ccc2cc(C(=O)Nc3ccc4c(cnn4-c4ccc(NC(=O)C5CC5)cc4)c3)ccc21. The predicted octanol–water partition coefficient (Wildman–Crippen LogP) is 5.12. The summed E-state index contributed by atoms with van der Waals surface area (Å²) in [5.74, 6) is 0.113. The standard InChI is InChI=1S/C27H23N5O2/c1-31-13-12-18-14-19(4-10-24(18)31)27(34)30-22-7-11-25-20(15-22)16-28-32(25)23-8-5-21(6-9-23)29-26(33)17-2-3-17/h4-17H,2-3H2,1H3,(H,29,33)(H,30,34). The predicted molar refractivity (Wildman–Crippen MR) is 133 cm³/mol. The Hall–Kier alpha value is -4.39. The maximum atomic E-state index is 12.8. The molecule has 6 rings (SSSR count). The Morgan fingerprint density at radius 2 is 1.62 bits per heavy atom. The van der Waals surface area contributed by atoms with Gasteiger partial charge in [0.15, 0.2) is 0 Å². The molecule has 2 N–H and O–H groups in total. The van der Waals surface area contributed by atoms with Crippen LogP contribution in [0.1, 0.15) is 23.2 Å². The topological polar surface area (TPSA) is 81.0 Å². The van der Waals surface area contributed by atoms with E-state index in [0.717, 1.165) is 46.0 Å². The fourth-order valence-corrected chi connectivity index (χ4v) is 4.22. The van der Waals surface area contributed by atoms with Gasteiger partial charge in [-0.05, 0) is 79.6 Å². The van der Waals surface area contributed by atoms with Crippen LogP contribution in [0.4, 0.5) is 11.4 Å². The fraction of sp³-hybridized carbons (Fsp3) is 0.148. The lowest BCUT2D eigenvalue weighted by Crippen LogP contribution is -2.13. The van der Waals surface area contributed by atoms with E-state index in [9.17, 15) is 9.59 Å². The van der Waals surface area contributed by atoms with Crippen LogP contribution in [0.5, 0.6) is 0 Å². The van der Waals surface area contributed by atoms with Crippen molar-refractivity contribution in [1.29, 1.82) is 0 Å². The van der Waals surface area contributed by atoms with Crippen LogP contribution in [0.2, 0.25) is 0 Å². The first-order valence-electron chi connectivity index (χ1n) is 11.3. The van der Waals surface area contributed by atoms with Gasteiger partial charge in [-0.3, -0.25) is 9.59 Å². The Bertz CT molecular complexity index is 1560. The average molecular weight is 450 g/mol. The van der Waals surface area contributed by atoms with E-state index in [-0.39, 0.29) is 17.7 Å². The average Bonchev–Trinajstić information content (AvgIpc) is 3.53. The molecule has 7 nitrogen and oxygen atoms in total. The zero-order chi connectivity index (χ0) is 23.2. The minimum atomic E-state index is -0.152. The molecule has 0 spiro atoms. The summed E-state index contributed by atoms with van der Waals surface area (Å²) in [6, 6.07) is 21.1. The van der Waals surface area contributed by atoms with Gasteiger partial charge in [0.1, 0.15) is 0 Å². The van der Waals surface area contributed by atoms with Crippen molar-refractivity contribution in [3.05, 3.63) is 84.7 Å². The van der Waals surface area contributed by atoms with Gasteiger partial charge in [0.25, 0.3) is 5.91 Å². The summed E-state index contributed by atoms with van der Waals surface area (Å²) in [6.45, 7) is 0. The molecule has 0 atom stereocenters. The van der Waals surface area contributed by atoms with Gasteiger partial charge < -0.3 is 15.2 Å².